The van der Waals surface area contributed by atoms with Crippen LogP contribution >= 0.6 is 0 Å². The molecule has 0 heterocycles. The second-order valence-electron chi connectivity index (χ2n) is 5.79. The van der Waals surface area contributed by atoms with E-state index in [-0.39, 0.29) is 5.92 Å². The molecule has 0 saturated carbocycles. The number of Topliss-reactive ketones (excluding diaryl/α,β-unsaturated/α-hetero) is 1. The largest absolute Gasteiger partial charge is 0.294 e. The SMILES string of the molecule is CCCCCc1ccc(C(=O)C(CCC)CCC)cc1. The van der Waals surface area contributed by atoms with Crippen molar-refractivity contribution in [3.05, 3.63) is 35.4 Å². The van der Waals surface area contributed by atoms with E-state index in [0.717, 1.165) is 37.7 Å². The van der Waals surface area contributed by atoms with Gasteiger partial charge in [-0.3, -0.25) is 4.79 Å². The van der Waals surface area contributed by atoms with E-state index in [0.29, 0.717) is 5.78 Å². The number of unbranched alkanes of at least 4 members (excludes halogenated alkanes) is 2. The third-order valence-electron chi connectivity index (χ3n) is 3.95. The van der Waals surface area contributed by atoms with Crippen molar-refractivity contribution >= 4 is 5.78 Å². The van der Waals surface area contributed by atoms with Crippen LogP contribution in [-0.2, 0) is 6.42 Å². The Hall–Kier alpha value is -1.11. The predicted molar refractivity (Wildman–Crippen MR) is 87.3 cm³/mol. The summed E-state index contributed by atoms with van der Waals surface area (Å²) in [5.74, 6) is 0.560. The van der Waals surface area contributed by atoms with Gasteiger partial charge in [0.25, 0.3) is 0 Å². The topological polar surface area (TPSA) is 17.1 Å². The molecule has 20 heavy (non-hydrogen) atoms. The first-order valence-electron chi connectivity index (χ1n) is 8.36. The van der Waals surface area contributed by atoms with Gasteiger partial charge in [0, 0.05) is 11.5 Å². The van der Waals surface area contributed by atoms with Gasteiger partial charge in [0.05, 0.1) is 0 Å². The molecule has 0 atom stereocenters. The smallest absolute Gasteiger partial charge is 0.165 e. The Labute approximate surface area is 124 Å². The molecule has 1 heteroatoms. The van der Waals surface area contributed by atoms with Gasteiger partial charge in [0.2, 0.25) is 0 Å². The summed E-state index contributed by atoms with van der Waals surface area (Å²) in [4.78, 5) is 12.5. The summed E-state index contributed by atoms with van der Waals surface area (Å²) in [6.45, 7) is 6.54. The molecule has 0 fully saturated rings. The summed E-state index contributed by atoms with van der Waals surface area (Å²) in [5.41, 5.74) is 2.26. The van der Waals surface area contributed by atoms with E-state index in [2.05, 4.69) is 32.9 Å². The van der Waals surface area contributed by atoms with Gasteiger partial charge < -0.3 is 0 Å². The number of carbonyl (C=O) groups excluding carboxylic acids is 1. The number of ketones is 1. The van der Waals surface area contributed by atoms with Crippen LogP contribution in [-0.4, -0.2) is 5.78 Å². The average molecular weight is 274 g/mol. The summed E-state index contributed by atoms with van der Waals surface area (Å²) in [6, 6.07) is 8.33. The molecule has 1 aromatic carbocycles. The van der Waals surface area contributed by atoms with Crippen LogP contribution < -0.4 is 0 Å². The standard InChI is InChI=1S/C19H30O/c1-4-7-8-11-16-12-14-18(15-13-16)19(20)17(9-5-2)10-6-3/h12-15,17H,4-11H2,1-3H3. The zero-order valence-electron chi connectivity index (χ0n) is 13.5. The normalized spacial score (nSPS) is 11.0. The molecule has 0 spiro atoms. The Morgan fingerprint density at radius 2 is 1.50 bits per heavy atom. The minimum absolute atomic E-state index is 0.218. The molecule has 1 rings (SSSR count). The van der Waals surface area contributed by atoms with Crippen LogP contribution in [0.1, 0.15) is 81.6 Å². The summed E-state index contributed by atoms with van der Waals surface area (Å²) in [6.07, 6.45) is 9.14. The van der Waals surface area contributed by atoms with E-state index in [1.807, 2.05) is 12.1 Å². The molecule has 0 aromatic heterocycles. The van der Waals surface area contributed by atoms with E-state index in [9.17, 15) is 4.79 Å². The number of aryl methyl sites for hydroxylation is 1. The molecule has 0 amide bonds. The number of hydrogen-bond acceptors (Lipinski definition) is 1. The molecule has 0 unspecified atom stereocenters. The lowest BCUT2D eigenvalue weighted by Crippen LogP contribution is -2.14. The maximum absolute atomic E-state index is 12.5. The highest BCUT2D eigenvalue weighted by Gasteiger charge is 2.18. The van der Waals surface area contributed by atoms with Crippen molar-refractivity contribution in [2.24, 2.45) is 5.92 Å². The van der Waals surface area contributed by atoms with Gasteiger partial charge in [-0.1, -0.05) is 70.7 Å². The first-order valence-corrected chi connectivity index (χ1v) is 8.36. The zero-order chi connectivity index (χ0) is 14.8. The van der Waals surface area contributed by atoms with Gasteiger partial charge in [-0.2, -0.15) is 0 Å². The second kappa shape index (κ2) is 9.74. The number of carbonyl (C=O) groups is 1. The maximum atomic E-state index is 12.5. The Kier molecular flexibility index (Phi) is 8.25. The highest BCUT2D eigenvalue weighted by Crippen LogP contribution is 2.20. The van der Waals surface area contributed by atoms with Crippen molar-refractivity contribution in [2.75, 3.05) is 0 Å². The van der Waals surface area contributed by atoms with Crippen molar-refractivity contribution in [2.45, 2.75) is 72.1 Å². The first kappa shape index (κ1) is 16.9. The Bertz CT molecular complexity index is 371. The fraction of sp³-hybridized carbons (Fsp3) is 0.632. The molecule has 112 valence electrons. The third kappa shape index (κ3) is 5.48. The molecule has 0 N–H and O–H groups in total. The van der Waals surface area contributed by atoms with Crippen LogP contribution in [0, 0.1) is 5.92 Å². The van der Waals surface area contributed by atoms with Crippen molar-refractivity contribution in [1.29, 1.82) is 0 Å². The van der Waals surface area contributed by atoms with Crippen molar-refractivity contribution in [3.63, 3.8) is 0 Å². The maximum Gasteiger partial charge on any atom is 0.165 e. The Morgan fingerprint density at radius 1 is 0.900 bits per heavy atom. The van der Waals surface area contributed by atoms with E-state index in [4.69, 9.17) is 0 Å². The molecule has 0 radical (unpaired) electrons. The molecular formula is C19H30O. The van der Waals surface area contributed by atoms with Gasteiger partial charge >= 0.3 is 0 Å². The van der Waals surface area contributed by atoms with E-state index in [1.54, 1.807) is 0 Å². The van der Waals surface area contributed by atoms with Gasteiger partial charge in [0.15, 0.2) is 5.78 Å². The predicted octanol–water partition coefficient (Wildman–Crippen LogP) is 5.82. The molecular weight excluding hydrogens is 244 g/mol. The molecule has 0 aliphatic rings. The third-order valence-corrected chi connectivity index (χ3v) is 3.95. The molecule has 0 aliphatic heterocycles. The number of hydrogen-bond donors (Lipinski definition) is 0. The van der Waals surface area contributed by atoms with Crippen LogP contribution in [0.25, 0.3) is 0 Å². The summed E-state index contributed by atoms with van der Waals surface area (Å²) >= 11 is 0. The van der Waals surface area contributed by atoms with Gasteiger partial charge in [0.1, 0.15) is 0 Å². The fourth-order valence-corrected chi connectivity index (χ4v) is 2.75. The van der Waals surface area contributed by atoms with Crippen LogP contribution in [0.2, 0.25) is 0 Å². The highest BCUT2D eigenvalue weighted by molar-refractivity contribution is 5.97. The Morgan fingerprint density at radius 3 is 2.00 bits per heavy atom. The second-order valence-corrected chi connectivity index (χ2v) is 5.79. The van der Waals surface area contributed by atoms with Gasteiger partial charge in [-0.05, 0) is 31.2 Å². The molecule has 0 bridgehead atoms. The lowest BCUT2D eigenvalue weighted by molar-refractivity contribution is 0.0905. The first-order chi connectivity index (χ1) is 9.72. The fourth-order valence-electron chi connectivity index (χ4n) is 2.75. The molecule has 0 saturated heterocycles. The molecule has 0 aliphatic carbocycles. The van der Waals surface area contributed by atoms with Gasteiger partial charge in [-0.15, -0.1) is 0 Å². The van der Waals surface area contributed by atoms with E-state index < -0.39 is 0 Å². The van der Waals surface area contributed by atoms with E-state index >= 15 is 0 Å². The quantitative estimate of drug-likeness (QED) is 0.388. The highest BCUT2D eigenvalue weighted by atomic mass is 16.1. The van der Waals surface area contributed by atoms with Crippen LogP contribution in [0.3, 0.4) is 0 Å². The summed E-state index contributed by atoms with van der Waals surface area (Å²) in [5, 5.41) is 0. The Balaban J connectivity index is 2.63. The van der Waals surface area contributed by atoms with Crippen molar-refractivity contribution in [3.8, 4) is 0 Å². The number of benzene rings is 1. The molecule has 1 aromatic rings. The minimum atomic E-state index is 0.218. The zero-order valence-corrected chi connectivity index (χ0v) is 13.5. The van der Waals surface area contributed by atoms with Crippen LogP contribution in [0.4, 0.5) is 0 Å². The number of rotatable bonds is 10. The lowest BCUT2D eigenvalue weighted by atomic mass is 9.89. The summed E-state index contributed by atoms with van der Waals surface area (Å²) < 4.78 is 0. The lowest BCUT2D eigenvalue weighted by Gasteiger charge is -2.14. The average Bonchev–Trinajstić information content (AvgIpc) is 2.47. The summed E-state index contributed by atoms with van der Waals surface area (Å²) in [7, 11) is 0. The van der Waals surface area contributed by atoms with Crippen LogP contribution in [0.5, 0.6) is 0 Å². The monoisotopic (exact) mass is 274 g/mol. The minimum Gasteiger partial charge on any atom is -0.294 e. The van der Waals surface area contributed by atoms with Gasteiger partial charge in [-0.25, -0.2) is 0 Å². The van der Waals surface area contributed by atoms with Crippen molar-refractivity contribution < 1.29 is 4.79 Å². The van der Waals surface area contributed by atoms with E-state index in [1.165, 1.54) is 24.8 Å². The van der Waals surface area contributed by atoms with Crippen molar-refractivity contribution in [1.82, 2.24) is 0 Å². The van der Waals surface area contributed by atoms with Crippen LogP contribution in [0.15, 0.2) is 24.3 Å². The molecule has 1 nitrogen and oxygen atoms in total.